The van der Waals surface area contributed by atoms with Gasteiger partial charge in [0.2, 0.25) is 0 Å². The second kappa shape index (κ2) is 9.21. The molecule has 2 N–H and O–H groups in total. The predicted molar refractivity (Wildman–Crippen MR) is 56.9 cm³/mol. The zero-order valence-electron chi connectivity index (χ0n) is 9.32. The maximum atomic E-state index is 11.0. The number of hydrogen-bond acceptors (Lipinski definition) is 5. The largest absolute Gasteiger partial charge is 0.698 e. The number of likely N-dealkylation sites (N-methyl/N-ethyl adjacent to an activating group) is 2. The average Bonchev–Trinajstić information content (AvgIpc) is 2.24. The molecule has 0 aromatic carbocycles. The van der Waals surface area contributed by atoms with E-state index in [1.165, 1.54) is 0 Å². The summed E-state index contributed by atoms with van der Waals surface area (Å²) in [5, 5.41) is 4.92. The normalized spacial score (nSPS) is 9.62. The van der Waals surface area contributed by atoms with E-state index in [1.54, 1.807) is 13.8 Å². The van der Waals surface area contributed by atoms with E-state index in [9.17, 15) is 14.2 Å². The third-order valence-corrected chi connectivity index (χ3v) is 2.03. The Morgan fingerprint density at radius 1 is 1.00 bits per heavy atom. The number of carbonyl (C=O) groups excluding carboxylic acids is 2. The molecule has 0 unspecified atom stereocenters. The molecule has 0 saturated carbocycles. The van der Waals surface area contributed by atoms with Gasteiger partial charge in [0, 0.05) is 17.7 Å². The first kappa shape index (κ1) is 15.0. The number of nitrogens with one attached hydrogen (secondary N) is 2. The quantitative estimate of drug-likeness (QED) is 0.590. The average molecular weight is 251 g/mol. The van der Waals surface area contributed by atoms with Crippen molar-refractivity contribution in [2.75, 3.05) is 26.3 Å². The Labute approximate surface area is 94.8 Å². The zero-order chi connectivity index (χ0) is 12.4. The van der Waals surface area contributed by atoms with Crippen LogP contribution in [0.25, 0.3) is 0 Å². The molecule has 0 aliphatic rings. The molecule has 0 radical (unpaired) electrons. The van der Waals surface area contributed by atoms with Gasteiger partial charge in [0.1, 0.15) is 0 Å². The summed E-state index contributed by atoms with van der Waals surface area (Å²) < 4.78 is 20.2. The van der Waals surface area contributed by atoms with Crippen molar-refractivity contribution in [1.82, 2.24) is 10.6 Å². The van der Waals surface area contributed by atoms with Crippen LogP contribution >= 0.6 is 8.25 Å². The van der Waals surface area contributed by atoms with Gasteiger partial charge in [-0.1, -0.05) is 0 Å². The van der Waals surface area contributed by atoms with Crippen molar-refractivity contribution in [3.05, 3.63) is 0 Å². The Bertz CT molecular complexity index is 235. The van der Waals surface area contributed by atoms with Crippen LogP contribution in [0.3, 0.4) is 0 Å². The molecular weight excluding hydrogens is 235 g/mol. The molecule has 0 spiro atoms. The van der Waals surface area contributed by atoms with Gasteiger partial charge < -0.3 is 10.6 Å². The third-order valence-electron chi connectivity index (χ3n) is 1.35. The summed E-state index contributed by atoms with van der Waals surface area (Å²) in [6.07, 6.45) is 0. The van der Waals surface area contributed by atoms with E-state index in [0.29, 0.717) is 13.1 Å². The van der Waals surface area contributed by atoms with Gasteiger partial charge in [-0.25, -0.2) is 0 Å². The van der Waals surface area contributed by atoms with Gasteiger partial charge in [-0.15, -0.1) is 9.05 Å². The fourth-order valence-corrected chi connectivity index (χ4v) is 1.28. The van der Waals surface area contributed by atoms with Crippen molar-refractivity contribution in [1.29, 1.82) is 0 Å². The molecule has 0 heterocycles. The van der Waals surface area contributed by atoms with Crippen molar-refractivity contribution in [2.45, 2.75) is 13.8 Å². The van der Waals surface area contributed by atoms with Crippen LogP contribution in [0.5, 0.6) is 0 Å². The first-order chi connectivity index (χ1) is 7.60. The van der Waals surface area contributed by atoms with Crippen LogP contribution < -0.4 is 10.6 Å². The van der Waals surface area contributed by atoms with Gasteiger partial charge in [-0.2, -0.15) is 0 Å². The highest BCUT2D eigenvalue weighted by Gasteiger charge is 2.23. The summed E-state index contributed by atoms with van der Waals surface area (Å²) in [5.41, 5.74) is 0. The monoisotopic (exact) mass is 251 g/mol. The van der Waals surface area contributed by atoms with Gasteiger partial charge >= 0.3 is 8.25 Å². The number of carbonyl (C=O) groups is 2. The Balaban J connectivity index is 3.59. The molecule has 0 aliphatic heterocycles. The lowest BCUT2D eigenvalue weighted by Crippen LogP contribution is -2.27. The van der Waals surface area contributed by atoms with Crippen LogP contribution in [0.4, 0.5) is 0 Å². The molecule has 0 bridgehead atoms. The van der Waals surface area contributed by atoms with Crippen LogP contribution in [0, 0.1) is 0 Å². The second-order valence-corrected chi connectivity index (χ2v) is 3.64. The number of amides is 2. The summed E-state index contributed by atoms with van der Waals surface area (Å²) in [4.78, 5) is 21.8. The van der Waals surface area contributed by atoms with E-state index in [4.69, 9.17) is 0 Å². The van der Waals surface area contributed by atoms with Crippen molar-refractivity contribution in [2.24, 2.45) is 0 Å². The topological polar surface area (TPSA) is 93.7 Å². The lowest BCUT2D eigenvalue weighted by Gasteiger charge is -1.97. The summed E-state index contributed by atoms with van der Waals surface area (Å²) in [7, 11) is -2.44. The van der Waals surface area contributed by atoms with Crippen LogP contribution in [0.1, 0.15) is 13.8 Å². The van der Waals surface area contributed by atoms with Crippen molar-refractivity contribution >= 4 is 20.1 Å². The van der Waals surface area contributed by atoms with E-state index in [0.717, 1.165) is 0 Å². The molecule has 0 atom stereocenters. The third kappa shape index (κ3) is 8.28. The summed E-state index contributed by atoms with van der Waals surface area (Å²) >= 11 is 0. The molecule has 92 valence electrons. The van der Waals surface area contributed by atoms with Gasteiger partial charge in [0.15, 0.2) is 13.2 Å². The van der Waals surface area contributed by atoms with Crippen LogP contribution in [-0.4, -0.2) is 38.1 Å². The van der Waals surface area contributed by atoms with E-state index in [-0.39, 0.29) is 25.0 Å². The molecule has 0 saturated heterocycles. The maximum absolute atomic E-state index is 11.0. The predicted octanol–water partition coefficient (Wildman–Crippen LogP) is -0.0508. The van der Waals surface area contributed by atoms with Gasteiger partial charge in [-0.3, -0.25) is 9.59 Å². The van der Waals surface area contributed by atoms with Crippen LogP contribution in [-0.2, 0) is 23.2 Å². The van der Waals surface area contributed by atoms with E-state index < -0.39 is 8.25 Å². The molecule has 0 fully saturated rings. The van der Waals surface area contributed by atoms with E-state index in [2.05, 4.69) is 19.7 Å². The van der Waals surface area contributed by atoms with Gasteiger partial charge in [-0.05, 0) is 13.8 Å². The maximum Gasteiger partial charge on any atom is 0.698 e. The second-order valence-electron chi connectivity index (χ2n) is 2.68. The smallest absolute Gasteiger partial charge is 0.354 e. The first-order valence-corrected chi connectivity index (χ1v) is 5.96. The fourth-order valence-electron chi connectivity index (χ4n) is 0.756. The number of hydrogen-bond donors (Lipinski definition) is 2. The van der Waals surface area contributed by atoms with Crippen molar-refractivity contribution in [3.63, 3.8) is 0 Å². The minimum Gasteiger partial charge on any atom is -0.354 e. The Morgan fingerprint density at radius 2 is 1.38 bits per heavy atom. The molecular formula is C8H16N2O5P+. The molecule has 7 nitrogen and oxygen atoms in total. The standard InChI is InChI=1S/C8H15N2O5P/c1-3-9-7(11)5-14-16(13)15-6-8(12)10-4-2/h3-6H2,1-2H3,(H-,9,10,11,12)/p+1. The van der Waals surface area contributed by atoms with Gasteiger partial charge in [0.25, 0.3) is 11.8 Å². The Morgan fingerprint density at radius 3 is 1.69 bits per heavy atom. The first-order valence-electron chi connectivity index (χ1n) is 4.86. The minimum absolute atomic E-state index is 0.349. The molecule has 8 heteroatoms. The minimum atomic E-state index is -2.44. The molecule has 0 aromatic rings. The molecule has 0 aromatic heterocycles. The molecule has 2 amide bonds. The summed E-state index contributed by atoms with van der Waals surface area (Å²) in [5.74, 6) is -0.764. The Kier molecular flexibility index (Phi) is 8.61. The highest BCUT2D eigenvalue weighted by atomic mass is 31.1. The van der Waals surface area contributed by atoms with Crippen molar-refractivity contribution < 1.29 is 23.2 Å². The molecule has 0 aliphatic carbocycles. The van der Waals surface area contributed by atoms with Crippen molar-refractivity contribution in [3.8, 4) is 0 Å². The fraction of sp³-hybridized carbons (Fsp3) is 0.750. The molecule has 0 rings (SSSR count). The summed E-state index contributed by atoms with van der Waals surface area (Å²) in [6, 6.07) is 0. The van der Waals surface area contributed by atoms with E-state index in [1.807, 2.05) is 0 Å². The SMILES string of the molecule is CCNC(=O)CO[P+](=O)OCC(=O)NCC. The lowest BCUT2D eigenvalue weighted by molar-refractivity contribution is -0.123. The number of rotatable bonds is 8. The lowest BCUT2D eigenvalue weighted by atomic mass is 10.6. The van der Waals surface area contributed by atoms with Gasteiger partial charge in [0.05, 0.1) is 0 Å². The highest BCUT2D eigenvalue weighted by Crippen LogP contribution is 2.22. The van der Waals surface area contributed by atoms with Crippen LogP contribution in [0.2, 0.25) is 0 Å². The van der Waals surface area contributed by atoms with E-state index >= 15 is 0 Å². The summed E-state index contributed by atoms with van der Waals surface area (Å²) in [6.45, 7) is 3.75. The van der Waals surface area contributed by atoms with Crippen LogP contribution in [0.15, 0.2) is 0 Å². The zero-order valence-corrected chi connectivity index (χ0v) is 10.2. The molecule has 16 heavy (non-hydrogen) atoms. The highest BCUT2D eigenvalue weighted by molar-refractivity contribution is 7.33. The Hall–Kier alpha value is -1.04.